The molecule has 0 aliphatic heterocycles. The number of nitrogens with one attached hydrogen (secondary N) is 1. The van der Waals surface area contributed by atoms with E-state index in [4.69, 9.17) is 10.00 Å². The number of carbonyl (C=O) groups is 1. The summed E-state index contributed by atoms with van der Waals surface area (Å²) in [6.07, 6.45) is 0. The molecule has 0 spiro atoms. The topological polar surface area (TPSA) is 69.1 Å². The van der Waals surface area contributed by atoms with E-state index in [1.54, 1.807) is 32.0 Å². The number of carbonyl (C=O) groups excluding carboxylic acids is 1. The lowest BCUT2D eigenvalue weighted by Crippen LogP contribution is -2.28. The summed E-state index contributed by atoms with van der Waals surface area (Å²) >= 11 is 0. The fourth-order valence-electron chi connectivity index (χ4n) is 3.08. The zero-order valence-corrected chi connectivity index (χ0v) is 15.0. The second kappa shape index (κ2) is 7.08. The van der Waals surface area contributed by atoms with Gasteiger partial charge in [-0.05, 0) is 38.1 Å². The molecule has 0 saturated carbocycles. The molecule has 2 aromatic carbocycles. The summed E-state index contributed by atoms with van der Waals surface area (Å²) in [6, 6.07) is 10.4. The first-order chi connectivity index (χ1) is 12.9. The first-order valence-electron chi connectivity index (χ1n) is 8.26. The molecular formula is C20H17F2N3O2. The van der Waals surface area contributed by atoms with Gasteiger partial charge in [-0.1, -0.05) is 12.1 Å². The molecule has 0 unspecified atom stereocenters. The van der Waals surface area contributed by atoms with Gasteiger partial charge in [0, 0.05) is 16.9 Å². The van der Waals surface area contributed by atoms with Gasteiger partial charge in [-0.25, -0.2) is 13.6 Å². The van der Waals surface area contributed by atoms with Crippen molar-refractivity contribution in [1.82, 2.24) is 4.98 Å². The Labute approximate surface area is 154 Å². The van der Waals surface area contributed by atoms with Crippen LogP contribution >= 0.6 is 0 Å². The van der Waals surface area contributed by atoms with E-state index in [0.29, 0.717) is 16.5 Å². The van der Waals surface area contributed by atoms with Gasteiger partial charge in [0.2, 0.25) is 0 Å². The highest BCUT2D eigenvalue weighted by Gasteiger charge is 2.28. The Bertz CT molecular complexity index is 1070. The lowest BCUT2D eigenvalue weighted by molar-refractivity contribution is 0.0604. The second-order valence-corrected chi connectivity index (χ2v) is 6.25. The standard InChI is InChI=1S/C20H17F2N3O2/c1-11(2)25(16-6-4-5-14(21)18(16)22)19-17(20(26)27-3)13-8-7-12(10-23)9-15(13)24-19/h4-9,11,24H,1-3H3. The van der Waals surface area contributed by atoms with Crippen molar-refractivity contribution in [3.8, 4) is 6.07 Å². The van der Waals surface area contributed by atoms with E-state index in [1.807, 2.05) is 6.07 Å². The zero-order chi connectivity index (χ0) is 19.7. The van der Waals surface area contributed by atoms with Gasteiger partial charge in [0.1, 0.15) is 11.4 Å². The van der Waals surface area contributed by atoms with Crippen LogP contribution in [0.3, 0.4) is 0 Å². The molecule has 3 aromatic rings. The Hall–Kier alpha value is -3.40. The molecule has 1 aromatic heterocycles. The Kier molecular flexibility index (Phi) is 4.82. The molecule has 0 bridgehead atoms. The van der Waals surface area contributed by atoms with E-state index in [-0.39, 0.29) is 23.1 Å². The van der Waals surface area contributed by atoms with Crippen LogP contribution in [0, 0.1) is 23.0 Å². The Morgan fingerprint density at radius 2 is 2.00 bits per heavy atom. The van der Waals surface area contributed by atoms with Crippen LogP contribution in [0.2, 0.25) is 0 Å². The minimum absolute atomic E-state index is 0.0118. The van der Waals surface area contributed by atoms with Gasteiger partial charge in [-0.3, -0.25) is 0 Å². The van der Waals surface area contributed by atoms with E-state index >= 15 is 0 Å². The monoisotopic (exact) mass is 369 g/mol. The van der Waals surface area contributed by atoms with E-state index < -0.39 is 17.6 Å². The maximum Gasteiger partial charge on any atom is 0.342 e. The highest BCUT2D eigenvalue weighted by Crippen LogP contribution is 2.37. The van der Waals surface area contributed by atoms with Gasteiger partial charge in [0.25, 0.3) is 0 Å². The number of H-pyrrole nitrogens is 1. The minimum atomic E-state index is -1.02. The zero-order valence-electron chi connectivity index (χ0n) is 15.0. The summed E-state index contributed by atoms with van der Waals surface area (Å²) in [5.41, 5.74) is 1.10. The van der Waals surface area contributed by atoms with Crippen molar-refractivity contribution >= 4 is 28.4 Å². The normalized spacial score (nSPS) is 10.9. The third-order valence-electron chi connectivity index (χ3n) is 4.25. The Morgan fingerprint density at radius 3 is 2.63 bits per heavy atom. The van der Waals surface area contributed by atoms with Crippen molar-refractivity contribution in [2.75, 3.05) is 12.0 Å². The molecule has 3 rings (SSSR count). The highest BCUT2D eigenvalue weighted by molar-refractivity contribution is 6.10. The molecule has 138 valence electrons. The third-order valence-corrected chi connectivity index (χ3v) is 4.25. The van der Waals surface area contributed by atoms with Crippen molar-refractivity contribution in [2.24, 2.45) is 0 Å². The number of aromatic nitrogens is 1. The van der Waals surface area contributed by atoms with Crippen molar-refractivity contribution in [3.63, 3.8) is 0 Å². The molecule has 27 heavy (non-hydrogen) atoms. The van der Waals surface area contributed by atoms with E-state index in [2.05, 4.69) is 4.98 Å². The molecule has 0 saturated heterocycles. The number of hydrogen-bond donors (Lipinski definition) is 1. The molecule has 7 heteroatoms. The molecule has 0 aliphatic rings. The van der Waals surface area contributed by atoms with Gasteiger partial charge in [0.05, 0.1) is 24.4 Å². The summed E-state index contributed by atoms with van der Waals surface area (Å²) in [5.74, 6) is -2.35. The van der Waals surface area contributed by atoms with Gasteiger partial charge >= 0.3 is 5.97 Å². The van der Waals surface area contributed by atoms with E-state index in [1.165, 1.54) is 24.1 Å². The fourth-order valence-corrected chi connectivity index (χ4v) is 3.08. The minimum Gasteiger partial charge on any atom is -0.465 e. The van der Waals surface area contributed by atoms with Crippen LogP contribution in [-0.4, -0.2) is 24.1 Å². The summed E-state index contributed by atoms with van der Waals surface area (Å²) in [4.78, 5) is 17.0. The molecule has 0 amide bonds. The molecule has 0 atom stereocenters. The number of fused-ring (bicyclic) bond motifs is 1. The number of esters is 1. The van der Waals surface area contributed by atoms with Crippen LogP contribution in [0.1, 0.15) is 29.8 Å². The van der Waals surface area contributed by atoms with Gasteiger partial charge in [-0.2, -0.15) is 5.26 Å². The number of methoxy groups -OCH3 is 1. The number of ether oxygens (including phenoxy) is 1. The average molecular weight is 369 g/mol. The first-order valence-corrected chi connectivity index (χ1v) is 8.26. The smallest absolute Gasteiger partial charge is 0.342 e. The van der Waals surface area contributed by atoms with Crippen LogP contribution in [0.15, 0.2) is 36.4 Å². The van der Waals surface area contributed by atoms with E-state index in [9.17, 15) is 13.6 Å². The molecule has 1 heterocycles. The largest absolute Gasteiger partial charge is 0.465 e. The Morgan fingerprint density at radius 1 is 1.26 bits per heavy atom. The number of hydrogen-bond acceptors (Lipinski definition) is 4. The molecule has 0 radical (unpaired) electrons. The van der Waals surface area contributed by atoms with Crippen molar-refractivity contribution in [3.05, 3.63) is 59.2 Å². The molecule has 0 aliphatic carbocycles. The predicted molar refractivity (Wildman–Crippen MR) is 98.0 cm³/mol. The van der Waals surface area contributed by atoms with Crippen LogP contribution in [-0.2, 0) is 4.74 Å². The van der Waals surface area contributed by atoms with E-state index in [0.717, 1.165) is 6.07 Å². The number of halogens is 2. The third kappa shape index (κ3) is 3.10. The van der Waals surface area contributed by atoms with Crippen LogP contribution in [0.5, 0.6) is 0 Å². The van der Waals surface area contributed by atoms with Crippen LogP contribution in [0.4, 0.5) is 20.3 Å². The fraction of sp³-hybridized carbons (Fsp3) is 0.200. The number of anilines is 2. The Balaban J connectivity index is 2.33. The van der Waals surface area contributed by atoms with Crippen molar-refractivity contribution < 1.29 is 18.3 Å². The van der Waals surface area contributed by atoms with Crippen molar-refractivity contribution in [2.45, 2.75) is 19.9 Å². The lowest BCUT2D eigenvalue weighted by Gasteiger charge is -2.29. The molecular weight excluding hydrogens is 352 g/mol. The maximum atomic E-state index is 14.5. The predicted octanol–water partition coefficient (Wildman–Crippen LogP) is 4.65. The SMILES string of the molecule is COC(=O)c1c(N(c2cccc(F)c2F)C(C)C)[nH]c2cc(C#N)ccc12. The molecule has 5 nitrogen and oxygen atoms in total. The number of nitriles is 1. The van der Waals surface area contributed by atoms with Gasteiger partial charge in [-0.15, -0.1) is 0 Å². The number of benzene rings is 2. The highest BCUT2D eigenvalue weighted by atomic mass is 19.2. The molecule has 1 N–H and O–H groups in total. The summed E-state index contributed by atoms with van der Waals surface area (Å²) in [5, 5.41) is 9.64. The van der Waals surface area contributed by atoms with Gasteiger partial charge < -0.3 is 14.6 Å². The first kappa shape index (κ1) is 18.4. The lowest BCUT2D eigenvalue weighted by atomic mass is 10.1. The summed E-state index contributed by atoms with van der Waals surface area (Å²) in [6.45, 7) is 3.58. The van der Waals surface area contributed by atoms with Crippen molar-refractivity contribution in [1.29, 1.82) is 5.26 Å². The van der Waals surface area contributed by atoms with Crippen LogP contribution < -0.4 is 4.90 Å². The number of aromatic amines is 1. The average Bonchev–Trinajstić information content (AvgIpc) is 3.02. The number of nitrogens with zero attached hydrogens (tertiary/aromatic N) is 2. The number of rotatable bonds is 4. The maximum absolute atomic E-state index is 14.5. The van der Waals surface area contributed by atoms with Gasteiger partial charge in [0.15, 0.2) is 11.6 Å². The van der Waals surface area contributed by atoms with Crippen LogP contribution in [0.25, 0.3) is 10.9 Å². The second-order valence-electron chi connectivity index (χ2n) is 6.25. The summed E-state index contributed by atoms with van der Waals surface area (Å²) < 4.78 is 33.2. The molecule has 0 fully saturated rings. The quantitative estimate of drug-likeness (QED) is 0.680. The summed E-state index contributed by atoms with van der Waals surface area (Å²) in [7, 11) is 1.25.